The first-order valence-corrected chi connectivity index (χ1v) is 6.91. The van der Waals surface area contributed by atoms with Gasteiger partial charge in [-0.2, -0.15) is 5.26 Å². The molecule has 0 amide bonds. The third-order valence-electron chi connectivity index (χ3n) is 3.26. The second kappa shape index (κ2) is 6.47. The molecule has 4 aromatic rings. The van der Waals surface area contributed by atoms with E-state index in [1.165, 1.54) is 10.8 Å². The van der Waals surface area contributed by atoms with Crippen LogP contribution in [0, 0.1) is 11.3 Å². The van der Waals surface area contributed by atoms with Gasteiger partial charge in [0.15, 0.2) is 0 Å². The molecule has 0 saturated carbocycles. The molecule has 0 bridgehead atoms. The van der Waals surface area contributed by atoms with Crippen LogP contribution >= 0.6 is 0 Å². The molecule has 3 nitrogen and oxygen atoms in total. The second-order valence-electron chi connectivity index (χ2n) is 4.72. The van der Waals surface area contributed by atoms with Crippen molar-refractivity contribution in [2.24, 2.45) is 0 Å². The third-order valence-corrected chi connectivity index (χ3v) is 3.26. The van der Waals surface area contributed by atoms with Crippen molar-refractivity contribution in [2.45, 2.75) is 0 Å². The van der Waals surface area contributed by atoms with Crippen LogP contribution in [0.25, 0.3) is 21.7 Å². The molecule has 0 saturated heterocycles. The Balaban J connectivity index is 0.000000133. The fraction of sp³-hybridized carbons (Fsp3) is 0. The molecule has 0 aliphatic heterocycles. The molecule has 2 aromatic heterocycles. The smallest absolute Gasteiger partial charge is 0.141 e. The maximum atomic E-state index is 8.58. The molecule has 0 N–H and O–H groups in total. The van der Waals surface area contributed by atoms with E-state index in [4.69, 9.17) is 5.26 Å². The lowest BCUT2D eigenvalue weighted by Crippen LogP contribution is -1.82. The van der Waals surface area contributed by atoms with E-state index in [0.717, 1.165) is 10.9 Å². The first-order chi connectivity index (χ1) is 10.9. The van der Waals surface area contributed by atoms with Crippen LogP contribution in [0.15, 0.2) is 79.1 Å². The minimum absolute atomic E-state index is 0.466. The van der Waals surface area contributed by atoms with Gasteiger partial charge in [-0.3, -0.25) is 4.98 Å². The lowest BCUT2D eigenvalue weighted by atomic mass is 10.2. The van der Waals surface area contributed by atoms with E-state index in [0.29, 0.717) is 5.69 Å². The van der Waals surface area contributed by atoms with Crippen LogP contribution in [-0.4, -0.2) is 9.97 Å². The molecule has 22 heavy (non-hydrogen) atoms. The summed E-state index contributed by atoms with van der Waals surface area (Å²) in [6, 6.07) is 23.6. The van der Waals surface area contributed by atoms with Crippen molar-refractivity contribution in [1.29, 1.82) is 5.26 Å². The molecule has 104 valence electrons. The maximum absolute atomic E-state index is 8.58. The molecule has 4 rings (SSSR count). The number of nitriles is 1. The summed E-state index contributed by atoms with van der Waals surface area (Å²) in [5.74, 6) is 0. The van der Waals surface area contributed by atoms with Crippen molar-refractivity contribution < 1.29 is 0 Å². The largest absolute Gasteiger partial charge is 0.264 e. The van der Waals surface area contributed by atoms with Gasteiger partial charge in [0, 0.05) is 17.8 Å². The molecule has 3 heteroatoms. The van der Waals surface area contributed by atoms with Crippen LogP contribution in [-0.2, 0) is 0 Å². The van der Waals surface area contributed by atoms with Gasteiger partial charge in [-0.15, -0.1) is 0 Å². The van der Waals surface area contributed by atoms with E-state index in [1.54, 1.807) is 6.07 Å². The van der Waals surface area contributed by atoms with E-state index in [-0.39, 0.29) is 0 Å². The van der Waals surface area contributed by atoms with Gasteiger partial charge < -0.3 is 0 Å². The highest BCUT2D eigenvalue weighted by atomic mass is 14.7. The Morgan fingerprint density at radius 1 is 0.727 bits per heavy atom. The average Bonchev–Trinajstić information content (AvgIpc) is 2.62. The van der Waals surface area contributed by atoms with E-state index < -0.39 is 0 Å². The van der Waals surface area contributed by atoms with Crippen LogP contribution in [0.2, 0.25) is 0 Å². The zero-order valence-electron chi connectivity index (χ0n) is 11.8. The molecular formula is C19H13N3. The van der Waals surface area contributed by atoms with Gasteiger partial charge in [0.1, 0.15) is 11.8 Å². The fourth-order valence-corrected chi connectivity index (χ4v) is 2.16. The van der Waals surface area contributed by atoms with Gasteiger partial charge in [-0.05, 0) is 35.0 Å². The van der Waals surface area contributed by atoms with Gasteiger partial charge in [0.25, 0.3) is 0 Å². The SMILES string of the molecule is N#Cc1ccc2ccccc2n1.c1ccc2cnccc2c1. The van der Waals surface area contributed by atoms with E-state index in [1.807, 2.05) is 67.0 Å². The maximum Gasteiger partial charge on any atom is 0.141 e. The first kappa shape index (κ1) is 13.7. The minimum atomic E-state index is 0.466. The summed E-state index contributed by atoms with van der Waals surface area (Å²) in [6.45, 7) is 0. The van der Waals surface area contributed by atoms with E-state index >= 15 is 0 Å². The molecule has 0 atom stereocenters. The summed E-state index contributed by atoms with van der Waals surface area (Å²) in [5.41, 5.74) is 1.34. The molecule has 0 aliphatic carbocycles. The van der Waals surface area contributed by atoms with Gasteiger partial charge in [-0.25, -0.2) is 4.98 Å². The normalized spacial score (nSPS) is 9.77. The molecule has 0 unspecified atom stereocenters. The Morgan fingerprint density at radius 3 is 2.23 bits per heavy atom. The summed E-state index contributed by atoms with van der Waals surface area (Å²) in [6.07, 6.45) is 3.68. The lowest BCUT2D eigenvalue weighted by Gasteiger charge is -1.94. The van der Waals surface area contributed by atoms with Crippen LogP contribution < -0.4 is 0 Å². The highest BCUT2D eigenvalue weighted by Gasteiger charge is 1.94. The zero-order chi connectivity index (χ0) is 15.2. The number of pyridine rings is 2. The molecule has 2 aromatic carbocycles. The number of aromatic nitrogens is 2. The Morgan fingerprint density at radius 2 is 1.45 bits per heavy atom. The topological polar surface area (TPSA) is 49.6 Å². The minimum Gasteiger partial charge on any atom is -0.264 e. The number of nitrogens with zero attached hydrogens (tertiary/aromatic N) is 3. The van der Waals surface area contributed by atoms with Gasteiger partial charge in [0.05, 0.1) is 5.52 Å². The Hall–Kier alpha value is -3.25. The second-order valence-corrected chi connectivity index (χ2v) is 4.72. The molecule has 0 radical (unpaired) electrons. The van der Waals surface area contributed by atoms with Crippen LogP contribution in [0.4, 0.5) is 0 Å². The summed E-state index contributed by atoms with van der Waals surface area (Å²) >= 11 is 0. The third kappa shape index (κ3) is 3.08. The van der Waals surface area contributed by atoms with Crippen molar-refractivity contribution in [1.82, 2.24) is 9.97 Å². The number of para-hydroxylation sites is 1. The van der Waals surface area contributed by atoms with Crippen LogP contribution in [0.3, 0.4) is 0 Å². The number of hydrogen-bond acceptors (Lipinski definition) is 3. The van der Waals surface area contributed by atoms with Gasteiger partial charge >= 0.3 is 0 Å². The number of rotatable bonds is 0. The molecular weight excluding hydrogens is 270 g/mol. The number of benzene rings is 2. The van der Waals surface area contributed by atoms with E-state index in [2.05, 4.69) is 22.1 Å². The molecule has 0 spiro atoms. The predicted octanol–water partition coefficient (Wildman–Crippen LogP) is 4.34. The summed E-state index contributed by atoms with van der Waals surface area (Å²) in [5, 5.41) is 12.1. The van der Waals surface area contributed by atoms with Crippen molar-refractivity contribution in [3.05, 3.63) is 84.8 Å². The summed E-state index contributed by atoms with van der Waals surface area (Å²) in [4.78, 5) is 8.15. The van der Waals surface area contributed by atoms with Crippen molar-refractivity contribution >= 4 is 21.7 Å². The van der Waals surface area contributed by atoms with Crippen molar-refractivity contribution in [2.75, 3.05) is 0 Å². The highest BCUT2D eigenvalue weighted by Crippen LogP contribution is 2.11. The molecule has 0 aliphatic rings. The van der Waals surface area contributed by atoms with Crippen molar-refractivity contribution in [3.8, 4) is 6.07 Å². The quantitative estimate of drug-likeness (QED) is 0.482. The number of hydrogen-bond donors (Lipinski definition) is 0. The molecule has 0 fully saturated rings. The zero-order valence-corrected chi connectivity index (χ0v) is 11.8. The number of fused-ring (bicyclic) bond motifs is 2. The van der Waals surface area contributed by atoms with Gasteiger partial charge in [-0.1, -0.05) is 42.5 Å². The summed E-state index contributed by atoms with van der Waals surface area (Å²) in [7, 11) is 0. The first-order valence-electron chi connectivity index (χ1n) is 6.91. The predicted molar refractivity (Wildman–Crippen MR) is 88.2 cm³/mol. The molecule has 2 heterocycles. The average molecular weight is 283 g/mol. The lowest BCUT2D eigenvalue weighted by molar-refractivity contribution is 1.33. The van der Waals surface area contributed by atoms with E-state index in [9.17, 15) is 0 Å². The van der Waals surface area contributed by atoms with Crippen molar-refractivity contribution in [3.63, 3.8) is 0 Å². The Kier molecular flexibility index (Phi) is 4.03. The fourth-order valence-electron chi connectivity index (χ4n) is 2.16. The standard InChI is InChI=1S/C10H6N2.C9H7N/c11-7-9-6-5-8-3-1-2-4-10(8)12-9;1-2-4-9-7-10-6-5-8(9)3-1/h1-6H;1-7H. The Labute approximate surface area is 128 Å². The van der Waals surface area contributed by atoms with Crippen LogP contribution in [0.5, 0.6) is 0 Å². The van der Waals surface area contributed by atoms with Gasteiger partial charge in [0.2, 0.25) is 0 Å². The monoisotopic (exact) mass is 283 g/mol. The summed E-state index contributed by atoms with van der Waals surface area (Å²) < 4.78 is 0. The Bertz CT molecular complexity index is 889. The highest BCUT2D eigenvalue weighted by molar-refractivity contribution is 5.81. The van der Waals surface area contributed by atoms with Crippen LogP contribution in [0.1, 0.15) is 5.69 Å².